The van der Waals surface area contributed by atoms with Gasteiger partial charge in [0, 0.05) is 24.2 Å². The molecule has 0 atom stereocenters. The third-order valence-corrected chi connectivity index (χ3v) is 4.21. The molecule has 0 saturated carbocycles. The Morgan fingerprint density at radius 1 is 1.16 bits per heavy atom. The average Bonchev–Trinajstić information content (AvgIpc) is 2.66. The quantitative estimate of drug-likeness (QED) is 0.839. The zero-order chi connectivity index (χ0) is 17.6. The molecule has 0 spiro atoms. The Labute approximate surface area is 148 Å². The summed E-state index contributed by atoms with van der Waals surface area (Å²) in [4.78, 5) is 14.5. The maximum atomic E-state index is 12.7. The zero-order valence-corrected chi connectivity index (χ0v) is 14.7. The number of morpholine rings is 1. The summed E-state index contributed by atoms with van der Waals surface area (Å²) in [6.45, 7) is 4.79. The van der Waals surface area contributed by atoms with Gasteiger partial charge in [0.1, 0.15) is 18.1 Å². The van der Waals surface area contributed by atoms with E-state index in [1.54, 1.807) is 13.2 Å². The first-order valence-corrected chi connectivity index (χ1v) is 8.41. The average molecular weight is 341 g/mol. The van der Waals surface area contributed by atoms with Gasteiger partial charge in [-0.05, 0) is 42.8 Å². The summed E-state index contributed by atoms with van der Waals surface area (Å²) < 4.78 is 16.6. The molecule has 1 heterocycles. The topological polar surface area (TPSA) is 48.0 Å². The highest BCUT2D eigenvalue weighted by molar-refractivity contribution is 5.94. The van der Waals surface area contributed by atoms with Crippen molar-refractivity contribution in [3.63, 3.8) is 0 Å². The molecule has 5 nitrogen and oxygen atoms in total. The Morgan fingerprint density at radius 2 is 1.96 bits per heavy atom. The van der Waals surface area contributed by atoms with E-state index in [0.29, 0.717) is 44.2 Å². The van der Waals surface area contributed by atoms with Crippen LogP contribution in [0.5, 0.6) is 11.5 Å². The SMILES string of the molecule is COc1ccc(C(=O)N2CCOCC2)cc1COc1cccc(C)c1. The van der Waals surface area contributed by atoms with Gasteiger partial charge < -0.3 is 19.1 Å². The Kier molecular flexibility index (Phi) is 5.56. The van der Waals surface area contributed by atoms with E-state index in [9.17, 15) is 4.79 Å². The number of hydrogen-bond donors (Lipinski definition) is 0. The first kappa shape index (κ1) is 17.3. The number of nitrogens with zero attached hydrogens (tertiary/aromatic N) is 1. The zero-order valence-electron chi connectivity index (χ0n) is 14.7. The van der Waals surface area contributed by atoms with Crippen molar-refractivity contribution in [2.45, 2.75) is 13.5 Å². The lowest BCUT2D eigenvalue weighted by atomic mass is 10.1. The predicted molar refractivity (Wildman–Crippen MR) is 95.2 cm³/mol. The Hall–Kier alpha value is -2.53. The Bertz CT molecular complexity index is 738. The molecule has 25 heavy (non-hydrogen) atoms. The number of rotatable bonds is 5. The van der Waals surface area contributed by atoms with Gasteiger partial charge in [-0.25, -0.2) is 0 Å². The summed E-state index contributed by atoms with van der Waals surface area (Å²) in [5.74, 6) is 1.53. The van der Waals surface area contributed by atoms with Crippen molar-refractivity contribution in [2.24, 2.45) is 0 Å². The molecule has 2 aromatic rings. The molecule has 1 saturated heterocycles. The van der Waals surface area contributed by atoms with Crippen LogP contribution in [0.25, 0.3) is 0 Å². The maximum absolute atomic E-state index is 12.7. The van der Waals surface area contributed by atoms with Crippen LogP contribution >= 0.6 is 0 Å². The van der Waals surface area contributed by atoms with Crippen LogP contribution in [0.1, 0.15) is 21.5 Å². The number of aryl methyl sites for hydroxylation is 1. The second-order valence-electron chi connectivity index (χ2n) is 6.04. The first-order valence-electron chi connectivity index (χ1n) is 8.41. The smallest absolute Gasteiger partial charge is 0.254 e. The number of carbonyl (C=O) groups excluding carboxylic acids is 1. The molecule has 1 amide bonds. The van der Waals surface area contributed by atoms with Gasteiger partial charge in [0.25, 0.3) is 5.91 Å². The van der Waals surface area contributed by atoms with E-state index >= 15 is 0 Å². The van der Waals surface area contributed by atoms with Crippen molar-refractivity contribution >= 4 is 5.91 Å². The number of carbonyl (C=O) groups is 1. The normalized spacial score (nSPS) is 14.2. The van der Waals surface area contributed by atoms with E-state index in [1.165, 1.54) is 0 Å². The van der Waals surface area contributed by atoms with Gasteiger partial charge in [0.15, 0.2) is 0 Å². The van der Waals surface area contributed by atoms with Crippen LogP contribution in [-0.4, -0.2) is 44.2 Å². The summed E-state index contributed by atoms with van der Waals surface area (Å²) >= 11 is 0. The fourth-order valence-corrected chi connectivity index (χ4v) is 2.84. The van der Waals surface area contributed by atoms with Crippen LogP contribution in [0.3, 0.4) is 0 Å². The van der Waals surface area contributed by atoms with Crippen molar-refractivity contribution in [3.8, 4) is 11.5 Å². The fraction of sp³-hybridized carbons (Fsp3) is 0.350. The molecule has 1 fully saturated rings. The van der Waals surface area contributed by atoms with Gasteiger partial charge in [-0.1, -0.05) is 12.1 Å². The fourth-order valence-electron chi connectivity index (χ4n) is 2.84. The number of hydrogen-bond acceptors (Lipinski definition) is 4. The minimum atomic E-state index is 0.0164. The highest BCUT2D eigenvalue weighted by Crippen LogP contribution is 2.23. The third kappa shape index (κ3) is 4.31. The van der Waals surface area contributed by atoms with Crippen molar-refractivity contribution in [2.75, 3.05) is 33.4 Å². The molecule has 1 aliphatic rings. The van der Waals surface area contributed by atoms with Crippen LogP contribution in [0.2, 0.25) is 0 Å². The monoisotopic (exact) mass is 341 g/mol. The van der Waals surface area contributed by atoms with Crippen LogP contribution in [0.15, 0.2) is 42.5 Å². The van der Waals surface area contributed by atoms with Crippen LogP contribution in [0, 0.1) is 6.92 Å². The molecule has 2 aromatic carbocycles. The van der Waals surface area contributed by atoms with E-state index < -0.39 is 0 Å². The maximum Gasteiger partial charge on any atom is 0.254 e. The third-order valence-electron chi connectivity index (χ3n) is 4.21. The Morgan fingerprint density at radius 3 is 2.68 bits per heavy atom. The van der Waals surface area contributed by atoms with Gasteiger partial charge in [-0.2, -0.15) is 0 Å². The molecule has 0 aromatic heterocycles. The Balaban J connectivity index is 1.76. The lowest BCUT2D eigenvalue weighted by Gasteiger charge is -2.27. The molecule has 0 unspecified atom stereocenters. The van der Waals surface area contributed by atoms with Crippen LogP contribution in [-0.2, 0) is 11.3 Å². The van der Waals surface area contributed by atoms with Gasteiger partial charge >= 0.3 is 0 Å². The van der Waals surface area contributed by atoms with Crippen molar-refractivity contribution in [3.05, 3.63) is 59.2 Å². The van der Waals surface area contributed by atoms with E-state index in [0.717, 1.165) is 16.9 Å². The summed E-state index contributed by atoms with van der Waals surface area (Å²) in [6.07, 6.45) is 0. The molecule has 0 radical (unpaired) electrons. The summed E-state index contributed by atoms with van der Waals surface area (Å²) in [6, 6.07) is 13.4. The molecule has 132 valence electrons. The highest BCUT2D eigenvalue weighted by Gasteiger charge is 2.19. The van der Waals surface area contributed by atoms with Crippen LogP contribution in [0.4, 0.5) is 0 Å². The van der Waals surface area contributed by atoms with E-state index in [-0.39, 0.29) is 5.91 Å². The number of ether oxygens (including phenoxy) is 3. The number of amides is 1. The number of methoxy groups -OCH3 is 1. The molecular formula is C20H23NO4. The first-order chi connectivity index (χ1) is 12.2. The molecule has 0 N–H and O–H groups in total. The predicted octanol–water partition coefficient (Wildman–Crippen LogP) is 3.06. The summed E-state index contributed by atoms with van der Waals surface area (Å²) in [5, 5.41) is 0. The van der Waals surface area contributed by atoms with E-state index in [4.69, 9.17) is 14.2 Å². The number of benzene rings is 2. The van der Waals surface area contributed by atoms with Crippen LogP contribution < -0.4 is 9.47 Å². The lowest BCUT2D eigenvalue weighted by molar-refractivity contribution is 0.0302. The molecular weight excluding hydrogens is 318 g/mol. The minimum absolute atomic E-state index is 0.0164. The van der Waals surface area contributed by atoms with E-state index in [2.05, 4.69) is 0 Å². The van der Waals surface area contributed by atoms with Crippen molar-refractivity contribution in [1.29, 1.82) is 0 Å². The van der Waals surface area contributed by atoms with E-state index in [1.807, 2.05) is 48.2 Å². The second-order valence-corrected chi connectivity index (χ2v) is 6.04. The molecule has 5 heteroatoms. The van der Waals surface area contributed by atoms with Crippen molar-refractivity contribution < 1.29 is 19.0 Å². The molecule has 3 rings (SSSR count). The summed E-state index contributed by atoms with van der Waals surface area (Å²) in [7, 11) is 1.62. The second kappa shape index (κ2) is 8.03. The van der Waals surface area contributed by atoms with Gasteiger partial charge in [0.05, 0.1) is 20.3 Å². The van der Waals surface area contributed by atoms with Crippen molar-refractivity contribution in [1.82, 2.24) is 4.90 Å². The van der Waals surface area contributed by atoms with Gasteiger partial charge in [-0.3, -0.25) is 4.79 Å². The molecule has 0 bridgehead atoms. The highest BCUT2D eigenvalue weighted by atomic mass is 16.5. The summed E-state index contributed by atoms with van der Waals surface area (Å²) in [5.41, 5.74) is 2.63. The largest absolute Gasteiger partial charge is 0.496 e. The minimum Gasteiger partial charge on any atom is -0.496 e. The van der Waals surface area contributed by atoms with Gasteiger partial charge in [0.2, 0.25) is 0 Å². The molecule has 0 aliphatic carbocycles. The standard InChI is InChI=1S/C20H23NO4/c1-15-4-3-5-18(12-15)25-14-17-13-16(6-7-19(17)23-2)20(22)21-8-10-24-11-9-21/h3-7,12-13H,8-11,14H2,1-2H3. The van der Waals surface area contributed by atoms with Gasteiger partial charge in [-0.15, -0.1) is 0 Å². The molecule has 1 aliphatic heterocycles. The lowest BCUT2D eigenvalue weighted by Crippen LogP contribution is -2.40.